The number of rotatable bonds is 10. The summed E-state index contributed by atoms with van der Waals surface area (Å²) in [7, 11) is 0. The quantitative estimate of drug-likeness (QED) is 0.144. The van der Waals surface area contributed by atoms with Gasteiger partial charge in [0.15, 0.2) is 0 Å². The fourth-order valence-electron chi connectivity index (χ4n) is 5.05. The topological polar surface area (TPSA) is 83.8 Å². The predicted molar refractivity (Wildman–Crippen MR) is 179 cm³/mol. The number of nitrogens with zero attached hydrogens (tertiary/aromatic N) is 4. The summed E-state index contributed by atoms with van der Waals surface area (Å²) < 4.78 is 12.2. The van der Waals surface area contributed by atoms with E-state index in [9.17, 15) is 9.59 Å². The Kier molecular flexibility index (Phi) is 8.64. The van der Waals surface area contributed by atoms with Crippen LogP contribution in [0.5, 0.6) is 11.5 Å². The Labute approximate surface area is 262 Å². The van der Waals surface area contributed by atoms with Crippen LogP contribution in [0.25, 0.3) is 12.2 Å². The van der Waals surface area contributed by atoms with E-state index in [0.717, 1.165) is 22.5 Å². The van der Waals surface area contributed by atoms with Crippen LogP contribution in [0.4, 0.5) is 11.4 Å². The van der Waals surface area contributed by atoms with Gasteiger partial charge in [0.05, 0.1) is 47.2 Å². The standard InChI is InChI=1S/C37H32N4O4/c1-26-32(36(42)40(38-26)30-16-5-3-6-17-30)24-28-14-9-11-20-34(28)44-22-13-23-45-35-21-12-10-15-29(35)25-33-27(2)39-41(37(33)43)31-18-7-4-8-19-31/h3-12,14-21,24-25H,13,22-23H2,1-2H3/b32-24-,33-25-. The average molecular weight is 597 g/mol. The zero-order valence-corrected chi connectivity index (χ0v) is 25.1. The van der Waals surface area contributed by atoms with Crippen LogP contribution in [-0.2, 0) is 9.59 Å². The summed E-state index contributed by atoms with van der Waals surface area (Å²) in [5.74, 6) is 0.992. The molecular formula is C37H32N4O4. The molecule has 0 spiro atoms. The van der Waals surface area contributed by atoms with Crippen molar-refractivity contribution in [1.29, 1.82) is 0 Å². The molecule has 2 heterocycles. The Morgan fingerprint density at radius 2 is 0.933 bits per heavy atom. The van der Waals surface area contributed by atoms with E-state index in [1.807, 2.05) is 135 Å². The summed E-state index contributed by atoms with van der Waals surface area (Å²) in [6.07, 6.45) is 4.28. The van der Waals surface area contributed by atoms with Gasteiger partial charge < -0.3 is 9.47 Å². The minimum atomic E-state index is -0.177. The van der Waals surface area contributed by atoms with Crippen LogP contribution in [0, 0.1) is 0 Å². The summed E-state index contributed by atoms with van der Waals surface area (Å²) in [5, 5.41) is 11.8. The van der Waals surface area contributed by atoms with Gasteiger partial charge in [-0.3, -0.25) is 9.59 Å². The third-order valence-corrected chi connectivity index (χ3v) is 7.37. The van der Waals surface area contributed by atoms with E-state index < -0.39 is 0 Å². The third-order valence-electron chi connectivity index (χ3n) is 7.37. The maximum Gasteiger partial charge on any atom is 0.280 e. The minimum Gasteiger partial charge on any atom is -0.493 e. The van der Waals surface area contributed by atoms with Gasteiger partial charge >= 0.3 is 0 Å². The Hall–Kier alpha value is -5.76. The first-order chi connectivity index (χ1) is 22.0. The highest BCUT2D eigenvalue weighted by Crippen LogP contribution is 2.29. The van der Waals surface area contributed by atoms with Gasteiger partial charge in [0.2, 0.25) is 0 Å². The van der Waals surface area contributed by atoms with Gasteiger partial charge in [0.25, 0.3) is 11.8 Å². The second kappa shape index (κ2) is 13.3. The number of benzene rings is 4. The van der Waals surface area contributed by atoms with Crippen molar-refractivity contribution in [2.45, 2.75) is 20.3 Å². The molecule has 2 aliphatic rings. The third kappa shape index (κ3) is 6.45. The molecule has 2 aliphatic heterocycles. The van der Waals surface area contributed by atoms with E-state index in [-0.39, 0.29) is 11.8 Å². The van der Waals surface area contributed by atoms with Crippen molar-refractivity contribution in [3.63, 3.8) is 0 Å². The highest BCUT2D eigenvalue weighted by molar-refractivity contribution is 6.33. The number of carbonyl (C=O) groups excluding carboxylic acids is 2. The Morgan fingerprint density at radius 3 is 1.36 bits per heavy atom. The zero-order chi connectivity index (χ0) is 31.2. The van der Waals surface area contributed by atoms with Crippen LogP contribution < -0.4 is 19.5 Å². The number of anilines is 2. The second-order valence-electron chi connectivity index (χ2n) is 10.5. The largest absolute Gasteiger partial charge is 0.493 e. The van der Waals surface area contributed by atoms with E-state index in [0.29, 0.717) is 53.7 Å². The molecule has 8 nitrogen and oxygen atoms in total. The van der Waals surface area contributed by atoms with E-state index >= 15 is 0 Å². The molecule has 224 valence electrons. The van der Waals surface area contributed by atoms with Gasteiger partial charge in [-0.25, -0.2) is 0 Å². The molecule has 0 saturated carbocycles. The number of ether oxygens (including phenoxy) is 2. The van der Waals surface area contributed by atoms with Crippen LogP contribution in [0.3, 0.4) is 0 Å². The van der Waals surface area contributed by atoms with Crippen LogP contribution in [-0.4, -0.2) is 36.5 Å². The van der Waals surface area contributed by atoms with Crippen LogP contribution >= 0.6 is 0 Å². The summed E-state index contributed by atoms with van der Waals surface area (Å²) in [5.41, 5.74) is 5.38. The first-order valence-corrected chi connectivity index (χ1v) is 14.8. The highest BCUT2D eigenvalue weighted by Gasteiger charge is 2.30. The molecule has 0 radical (unpaired) electrons. The lowest BCUT2D eigenvalue weighted by atomic mass is 10.1. The minimum absolute atomic E-state index is 0.177. The molecule has 0 aromatic heterocycles. The maximum atomic E-state index is 13.2. The van der Waals surface area contributed by atoms with E-state index in [4.69, 9.17) is 9.47 Å². The lowest BCUT2D eigenvalue weighted by Gasteiger charge is -2.13. The summed E-state index contributed by atoms with van der Waals surface area (Å²) in [6.45, 7) is 4.49. The normalized spacial score (nSPS) is 16.4. The molecule has 0 N–H and O–H groups in total. The molecule has 45 heavy (non-hydrogen) atoms. The Morgan fingerprint density at radius 1 is 0.556 bits per heavy atom. The number of amides is 2. The van der Waals surface area contributed by atoms with E-state index in [1.165, 1.54) is 10.0 Å². The smallest absolute Gasteiger partial charge is 0.280 e. The number of hydrazone groups is 2. The lowest BCUT2D eigenvalue weighted by molar-refractivity contribution is -0.115. The molecule has 8 heteroatoms. The van der Waals surface area contributed by atoms with Crippen molar-refractivity contribution in [3.05, 3.63) is 131 Å². The van der Waals surface area contributed by atoms with Crippen molar-refractivity contribution in [2.24, 2.45) is 10.2 Å². The van der Waals surface area contributed by atoms with E-state index in [2.05, 4.69) is 10.2 Å². The van der Waals surface area contributed by atoms with Crippen molar-refractivity contribution >= 4 is 46.8 Å². The van der Waals surface area contributed by atoms with Crippen LogP contribution in [0.2, 0.25) is 0 Å². The molecule has 4 aromatic rings. The van der Waals surface area contributed by atoms with Gasteiger partial charge in [0, 0.05) is 17.5 Å². The highest BCUT2D eigenvalue weighted by atomic mass is 16.5. The van der Waals surface area contributed by atoms with Crippen LogP contribution in [0.15, 0.2) is 131 Å². The monoisotopic (exact) mass is 596 g/mol. The van der Waals surface area contributed by atoms with E-state index in [1.54, 1.807) is 0 Å². The number of hydrogen-bond donors (Lipinski definition) is 0. The van der Waals surface area contributed by atoms with Crippen LogP contribution in [0.1, 0.15) is 31.4 Å². The van der Waals surface area contributed by atoms with Crippen molar-refractivity contribution < 1.29 is 19.1 Å². The maximum absolute atomic E-state index is 13.2. The molecule has 0 aliphatic carbocycles. The molecule has 0 fully saturated rings. The van der Waals surface area contributed by atoms with Gasteiger partial charge in [-0.1, -0.05) is 72.8 Å². The summed E-state index contributed by atoms with van der Waals surface area (Å²) >= 11 is 0. The van der Waals surface area contributed by atoms with Gasteiger partial charge in [0.1, 0.15) is 11.5 Å². The first-order valence-electron chi connectivity index (χ1n) is 14.8. The number of para-hydroxylation sites is 4. The number of hydrogen-bond acceptors (Lipinski definition) is 6. The van der Waals surface area contributed by atoms with Crippen molar-refractivity contribution in [3.8, 4) is 11.5 Å². The molecule has 0 saturated heterocycles. The molecule has 0 atom stereocenters. The Balaban J connectivity index is 1.07. The molecule has 4 aromatic carbocycles. The molecular weight excluding hydrogens is 564 g/mol. The molecule has 0 bridgehead atoms. The summed E-state index contributed by atoms with van der Waals surface area (Å²) in [4.78, 5) is 26.3. The van der Waals surface area contributed by atoms with Crippen molar-refractivity contribution in [1.82, 2.24) is 0 Å². The summed E-state index contributed by atoms with van der Waals surface area (Å²) in [6, 6.07) is 34.0. The molecule has 2 amide bonds. The zero-order valence-electron chi connectivity index (χ0n) is 25.1. The first kappa shape index (κ1) is 29.3. The second-order valence-corrected chi connectivity index (χ2v) is 10.5. The fraction of sp³-hybridized carbons (Fsp3) is 0.135. The Bertz CT molecular complexity index is 1710. The van der Waals surface area contributed by atoms with Gasteiger partial charge in [-0.2, -0.15) is 20.2 Å². The molecule has 0 unspecified atom stereocenters. The van der Waals surface area contributed by atoms with Crippen molar-refractivity contribution in [2.75, 3.05) is 23.2 Å². The number of carbonyl (C=O) groups is 2. The predicted octanol–water partition coefficient (Wildman–Crippen LogP) is 7.15. The average Bonchev–Trinajstić information content (AvgIpc) is 3.52. The lowest BCUT2D eigenvalue weighted by Crippen LogP contribution is -2.21. The molecule has 6 rings (SSSR count). The van der Waals surface area contributed by atoms with Gasteiger partial charge in [-0.05, 0) is 62.4 Å². The van der Waals surface area contributed by atoms with Gasteiger partial charge in [-0.15, -0.1) is 0 Å². The fourth-order valence-corrected chi connectivity index (χ4v) is 5.05. The SMILES string of the molecule is CC1=NN(c2ccccc2)C(=O)/C1=C\c1ccccc1OCCCOc1ccccc1/C=C1\C(=O)N(c2ccccc2)N=C1C.